The third-order valence-electron chi connectivity index (χ3n) is 5.49. The van der Waals surface area contributed by atoms with E-state index in [9.17, 15) is 14.4 Å². The lowest BCUT2D eigenvalue weighted by atomic mass is 10.1. The smallest absolute Gasteiger partial charge is 0.264 e. The average molecular weight is 432 g/mol. The Morgan fingerprint density at radius 3 is 2.45 bits per heavy atom. The summed E-state index contributed by atoms with van der Waals surface area (Å²) in [5.74, 6) is -0.323. The van der Waals surface area contributed by atoms with Crippen LogP contribution < -0.4 is 0 Å². The molecule has 3 amide bonds. The van der Waals surface area contributed by atoms with Crippen molar-refractivity contribution in [2.45, 2.75) is 13.0 Å². The van der Waals surface area contributed by atoms with E-state index in [0.29, 0.717) is 44.3 Å². The number of carbonyl (C=O) groups excluding carboxylic acids is 3. The van der Waals surface area contributed by atoms with Crippen LogP contribution in [-0.2, 0) is 16.1 Å². The molecule has 2 aliphatic rings. The molecule has 1 aromatic carbocycles. The van der Waals surface area contributed by atoms with Gasteiger partial charge in [0.1, 0.15) is 0 Å². The minimum absolute atomic E-state index is 0.00299. The lowest BCUT2D eigenvalue weighted by Gasteiger charge is -2.35. The van der Waals surface area contributed by atoms with Crippen LogP contribution >= 0.6 is 22.9 Å². The first kappa shape index (κ1) is 19.9. The van der Waals surface area contributed by atoms with Gasteiger partial charge < -0.3 is 14.7 Å². The number of piperazine rings is 1. The van der Waals surface area contributed by atoms with Crippen LogP contribution in [0.1, 0.15) is 21.7 Å². The van der Waals surface area contributed by atoms with Crippen molar-refractivity contribution in [1.29, 1.82) is 0 Å². The number of carbonyl (C=O) groups is 3. The molecule has 6 nitrogen and oxygen atoms in total. The zero-order valence-electron chi connectivity index (χ0n) is 15.9. The highest BCUT2D eigenvalue weighted by Gasteiger charge is 2.37. The number of hydrogen-bond donors (Lipinski definition) is 0. The van der Waals surface area contributed by atoms with Crippen molar-refractivity contribution in [3.05, 3.63) is 57.2 Å². The molecule has 0 aliphatic carbocycles. The number of thiophene rings is 1. The van der Waals surface area contributed by atoms with Gasteiger partial charge in [0.05, 0.1) is 10.8 Å². The maximum absolute atomic E-state index is 12.9. The summed E-state index contributed by atoms with van der Waals surface area (Å²) in [6.07, 6.45) is 0.234. The predicted molar refractivity (Wildman–Crippen MR) is 112 cm³/mol. The molecule has 2 fully saturated rings. The van der Waals surface area contributed by atoms with Crippen LogP contribution in [0.4, 0.5) is 0 Å². The molecule has 0 saturated carbocycles. The second-order valence-corrected chi connectivity index (χ2v) is 8.72. The molecule has 1 atom stereocenters. The first-order chi connectivity index (χ1) is 14.0. The van der Waals surface area contributed by atoms with Crippen molar-refractivity contribution in [3.63, 3.8) is 0 Å². The van der Waals surface area contributed by atoms with Gasteiger partial charge in [0.25, 0.3) is 5.91 Å². The summed E-state index contributed by atoms with van der Waals surface area (Å²) in [7, 11) is 0. The fourth-order valence-corrected chi connectivity index (χ4v) is 4.75. The number of halogens is 1. The van der Waals surface area contributed by atoms with E-state index in [2.05, 4.69) is 0 Å². The normalized spacial score (nSPS) is 19.7. The fourth-order valence-electron chi connectivity index (χ4n) is 3.87. The molecule has 8 heteroatoms. The fraction of sp³-hybridized carbons (Fsp3) is 0.381. The molecule has 0 radical (unpaired) electrons. The Morgan fingerprint density at radius 1 is 1.03 bits per heavy atom. The third kappa shape index (κ3) is 4.31. The van der Waals surface area contributed by atoms with E-state index in [1.165, 1.54) is 11.3 Å². The molecule has 29 heavy (non-hydrogen) atoms. The second-order valence-electron chi connectivity index (χ2n) is 7.36. The Balaban J connectivity index is 1.32. The van der Waals surface area contributed by atoms with Crippen molar-refractivity contribution in [3.8, 4) is 0 Å². The van der Waals surface area contributed by atoms with Gasteiger partial charge in [-0.25, -0.2) is 0 Å². The molecule has 2 aliphatic heterocycles. The van der Waals surface area contributed by atoms with Crippen LogP contribution in [0, 0.1) is 5.92 Å². The van der Waals surface area contributed by atoms with Crippen LogP contribution in [0.5, 0.6) is 0 Å². The number of hydrogen-bond acceptors (Lipinski definition) is 4. The molecule has 0 unspecified atom stereocenters. The molecule has 4 rings (SSSR count). The Hall–Kier alpha value is -2.38. The summed E-state index contributed by atoms with van der Waals surface area (Å²) in [6.45, 7) is 2.89. The maximum Gasteiger partial charge on any atom is 0.264 e. The van der Waals surface area contributed by atoms with E-state index in [0.717, 1.165) is 10.4 Å². The molecular formula is C21H22ClN3O3S. The number of rotatable bonds is 4. The standard InChI is InChI=1S/C21H22ClN3O3S/c22-17-5-2-1-4-15(17)13-25-14-16(12-19(25)26)20(27)23-7-9-24(10-8-23)21(28)18-6-3-11-29-18/h1-6,11,16H,7-10,12-14H2/t16-/m1/s1. The van der Waals surface area contributed by atoms with Gasteiger partial charge in [0.15, 0.2) is 0 Å². The lowest BCUT2D eigenvalue weighted by Crippen LogP contribution is -2.52. The number of nitrogens with zero attached hydrogens (tertiary/aromatic N) is 3. The first-order valence-corrected chi connectivity index (χ1v) is 10.9. The van der Waals surface area contributed by atoms with Crippen molar-refractivity contribution < 1.29 is 14.4 Å². The third-order valence-corrected chi connectivity index (χ3v) is 6.72. The predicted octanol–water partition coefficient (Wildman–Crippen LogP) is 2.73. The molecule has 3 heterocycles. The zero-order chi connectivity index (χ0) is 20.4. The Kier molecular flexibility index (Phi) is 5.87. The first-order valence-electron chi connectivity index (χ1n) is 9.65. The minimum Gasteiger partial charge on any atom is -0.339 e. The van der Waals surface area contributed by atoms with Crippen molar-refractivity contribution in [2.75, 3.05) is 32.7 Å². The molecule has 1 aromatic heterocycles. The summed E-state index contributed by atoms with van der Waals surface area (Å²) in [6, 6.07) is 11.1. The molecule has 0 bridgehead atoms. The Labute approximate surface area is 178 Å². The largest absolute Gasteiger partial charge is 0.339 e. The number of amides is 3. The SMILES string of the molecule is O=C1C[C@@H](C(=O)N2CCN(C(=O)c3cccs3)CC2)CN1Cc1ccccc1Cl. The summed E-state index contributed by atoms with van der Waals surface area (Å²) < 4.78 is 0. The van der Waals surface area contributed by atoms with E-state index in [4.69, 9.17) is 11.6 Å². The van der Waals surface area contributed by atoms with Gasteiger partial charge in [-0.15, -0.1) is 11.3 Å². The number of likely N-dealkylation sites (tertiary alicyclic amines) is 1. The summed E-state index contributed by atoms with van der Waals surface area (Å²) in [4.78, 5) is 43.8. The minimum atomic E-state index is -0.329. The average Bonchev–Trinajstić information content (AvgIpc) is 3.39. The van der Waals surface area contributed by atoms with Crippen molar-refractivity contribution in [1.82, 2.24) is 14.7 Å². The Bertz CT molecular complexity index is 910. The van der Waals surface area contributed by atoms with Crippen LogP contribution in [0.2, 0.25) is 5.02 Å². The quantitative estimate of drug-likeness (QED) is 0.747. The number of benzene rings is 1. The van der Waals surface area contributed by atoms with E-state index >= 15 is 0 Å². The van der Waals surface area contributed by atoms with Crippen LogP contribution in [-0.4, -0.2) is 65.1 Å². The molecular weight excluding hydrogens is 410 g/mol. The summed E-state index contributed by atoms with van der Waals surface area (Å²) in [5, 5.41) is 2.51. The monoisotopic (exact) mass is 431 g/mol. The van der Waals surface area contributed by atoms with E-state index in [1.54, 1.807) is 20.8 Å². The van der Waals surface area contributed by atoms with Crippen LogP contribution in [0.3, 0.4) is 0 Å². The topological polar surface area (TPSA) is 60.9 Å². The summed E-state index contributed by atoms with van der Waals surface area (Å²) >= 11 is 7.63. The highest BCUT2D eigenvalue weighted by Crippen LogP contribution is 2.25. The molecule has 0 spiro atoms. The van der Waals surface area contributed by atoms with Gasteiger partial charge in [0, 0.05) is 50.7 Å². The highest BCUT2D eigenvalue weighted by molar-refractivity contribution is 7.12. The maximum atomic E-state index is 12.9. The van der Waals surface area contributed by atoms with Crippen molar-refractivity contribution >= 4 is 40.7 Å². The second kappa shape index (κ2) is 8.55. The van der Waals surface area contributed by atoms with Crippen molar-refractivity contribution in [2.24, 2.45) is 5.92 Å². The molecule has 2 aromatic rings. The van der Waals surface area contributed by atoms with E-state index in [1.807, 2.05) is 35.7 Å². The lowest BCUT2D eigenvalue weighted by molar-refractivity contribution is -0.137. The van der Waals surface area contributed by atoms with Gasteiger partial charge >= 0.3 is 0 Å². The Morgan fingerprint density at radius 2 is 1.76 bits per heavy atom. The van der Waals surface area contributed by atoms with Gasteiger partial charge in [-0.3, -0.25) is 14.4 Å². The summed E-state index contributed by atoms with van der Waals surface area (Å²) in [5.41, 5.74) is 0.885. The zero-order valence-corrected chi connectivity index (χ0v) is 17.5. The molecule has 2 saturated heterocycles. The van der Waals surface area contributed by atoms with Gasteiger partial charge in [-0.2, -0.15) is 0 Å². The highest BCUT2D eigenvalue weighted by atomic mass is 35.5. The van der Waals surface area contributed by atoms with Gasteiger partial charge in [-0.05, 0) is 23.1 Å². The van der Waals surface area contributed by atoms with Crippen LogP contribution in [0.25, 0.3) is 0 Å². The van der Waals surface area contributed by atoms with E-state index < -0.39 is 0 Å². The van der Waals surface area contributed by atoms with E-state index in [-0.39, 0.29) is 30.1 Å². The molecule has 0 N–H and O–H groups in total. The van der Waals surface area contributed by atoms with Gasteiger partial charge in [0.2, 0.25) is 11.8 Å². The van der Waals surface area contributed by atoms with Gasteiger partial charge in [-0.1, -0.05) is 35.9 Å². The molecule has 152 valence electrons. The van der Waals surface area contributed by atoms with Crippen LogP contribution in [0.15, 0.2) is 41.8 Å².